The molecule has 1 fully saturated rings. The second kappa shape index (κ2) is 42.8. The zero-order valence-corrected chi connectivity index (χ0v) is 41.9. The number of nitrogens with one attached hydrogen (secondary N) is 1. The minimum absolute atomic E-state index is 0.789. The van der Waals surface area contributed by atoms with E-state index in [-0.39, 0.29) is 0 Å². The van der Waals surface area contributed by atoms with Crippen LogP contribution in [0, 0.1) is 11.8 Å². The normalized spacial score (nSPS) is 16.5. The Bertz CT molecular complexity index is 942. The number of unbranched alkanes of at least 4 members (excludes halogenated alkanes) is 23. The summed E-state index contributed by atoms with van der Waals surface area (Å²) >= 11 is 5.83. The van der Waals surface area contributed by atoms with E-state index in [9.17, 15) is 0 Å². The fourth-order valence-electron chi connectivity index (χ4n) is 10.2. The minimum Gasteiger partial charge on any atom is -0.320 e. The maximum absolute atomic E-state index is 5.83. The van der Waals surface area contributed by atoms with Gasteiger partial charge in [0.2, 0.25) is 0 Å². The van der Waals surface area contributed by atoms with Crippen molar-refractivity contribution >= 4 is 17.1 Å². The Balaban J connectivity index is 2.26. The summed E-state index contributed by atoms with van der Waals surface area (Å²) in [4.78, 5) is 4.17. The molecule has 1 saturated heterocycles. The van der Waals surface area contributed by atoms with Gasteiger partial charge >= 0.3 is 0 Å². The number of hydrogen-bond acceptors (Lipinski definition) is 3. The molecule has 1 aliphatic heterocycles. The second-order valence-corrected chi connectivity index (χ2v) is 20.5. The third-order valence-corrected chi connectivity index (χ3v) is 14.5. The Kier molecular flexibility index (Phi) is 41.0. The molecule has 1 aliphatic rings. The summed E-state index contributed by atoms with van der Waals surface area (Å²) in [5.74, 6) is 1.83. The summed E-state index contributed by atoms with van der Waals surface area (Å²) in [6.07, 6.45) is 56.6. The molecule has 0 saturated carbocycles. The molecule has 59 heavy (non-hydrogen) atoms. The maximum atomic E-state index is 5.83. The summed E-state index contributed by atoms with van der Waals surface area (Å²) in [6, 6.07) is 0.789. The van der Waals surface area contributed by atoms with Crippen molar-refractivity contribution in [1.29, 1.82) is 0 Å². The molecule has 3 atom stereocenters. The Labute approximate surface area is 378 Å². The first-order valence-corrected chi connectivity index (χ1v) is 27.6. The molecule has 3 unspecified atom stereocenters. The monoisotopic (exact) mass is 841 g/mol. The summed E-state index contributed by atoms with van der Waals surface area (Å²) in [6.45, 7) is 19.5. The van der Waals surface area contributed by atoms with Crippen LogP contribution in [0.3, 0.4) is 0 Å². The van der Waals surface area contributed by atoms with Crippen molar-refractivity contribution in [3.05, 3.63) is 24.3 Å². The smallest absolute Gasteiger partial charge is 0.00980 e. The van der Waals surface area contributed by atoms with E-state index in [2.05, 4.69) is 51.2 Å². The van der Waals surface area contributed by atoms with Crippen LogP contribution in [-0.2, 0) is 0 Å². The molecule has 3 heteroatoms. The van der Waals surface area contributed by atoms with Gasteiger partial charge < -0.3 is 10.2 Å². The molecule has 0 radical (unpaired) electrons. The standard InChI is InChI=1S/C56H108N2S/c1-7-10-12-14-16-18-23-29-37-51(4)38-30-24-19-17-20-28-34-42-55-50-54(44-47-58(55)48-45-56(59)43-35-46-57-6)41-33-27-22-21-25-31-39-52(5)49-53(36-9-3)40-32-26-15-13-11-8-2/h53-55,57H,4-5,7-50H2,1-3,6H3. The van der Waals surface area contributed by atoms with Gasteiger partial charge in [-0.2, -0.15) is 0 Å². The number of hydrogen-bond donors (Lipinski definition) is 1. The van der Waals surface area contributed by atoms with Gasteiger partial charge in [-0.25, -0.2) is 0 Å². The summed E-state index contributed by atoms with van der Waals surface area (Å²) < 4.78 is 0. The molecule has 0 spiro atoms. The van der Waals surface area contributed by atoms with Crippen molar-refractivity contribution in [2.24, 2.45) is 11.8 Å². The van der Waals surface area contributed by atoms with Crippen LogP contribution in [0.5, 0.6) is 0 Å². The maximum Gasteiger partial charge on any atom is 0.00980 e. The molecule has 2 nitrogen and oxygen atoms in total. The molecule has 1 heterocycles. The van der Waals surface area contributed by atoms with Gasteiger partial charge in [-0.3, -0.25) is 0 Å². The van der Waals surface area contributed by atoms with Crippen LogP contribution in [0.1, 0.15) is 284 Å². The molecule has 0 amide bonds. The van der Waals surface area contributed by atoms with E-state index in [1.54, 1.807) is 5.57 Å². The quantitative estimate of drug-likeness (QED) is 0.0373. The number of nitrogens with zero attached hydrogens (tertiary/aromatic N) is 1. The highest BCUT2D eigenvalue weighted by molar-refractivity contribution is 7.80. The molecule has 0 aromatic heterocycles. The van der Waals surface area contributed by atoms with Crippen LogP contribution in [0.25, 0.3) is 0 Å². The third kappa shape index (κ3) is 35.6. The van der Waals surface area contributed by atoms with Gasteiger partial charge in [-0.15, -0.1) is 0 Å². The zero-order chi connectivity index (χ0) is 42.9. The highest BCUT2D eigenvalue weighted by Crippen LogP contribution is 2.31. The van der Waals surface area contributed by atoms with Crippen LogP contribution in [0.4, 0.5) is 0 Å². The van der Waals surface area contributed by atoms with Crippen molar-refractivity contribution in [2.75, 3.05) is 26.7 Å². The number of piperidine rings is 1. The summed E-state index contributed by atoms with van der Waals surface area (Å²) in [7, 11) is 2.05. The van der Waals surface area contributed by atoms with Crippen molar-refractivity contribution in [1.82, 2.24) is 10.2 Å². The lowest BCUT2D eigenvalue weighted by Crippen LogP contribution is -2.43. The van der Waals surface area contributed by atoms with E-state index in [1.165, 1.54) is 274 Å². The van der Waals surface area contributed by atoms with E-state index in [1.807, 2.05) is 0 Å². The van der Waals surface area contributed by atoms with Crippen molar-refractivity contribution in [3.8, 4) is 0 Å². The molecule has 0 aliphatic carbocycles. The fraction of sp³-hybridized carbons (Fsp3) is 0.911. The van der Waals surface area contributed by atoms with Gasteiger partial charge in [0.05, 0.1) is 0 Å². The molecule has 0 aromatic carbocycles. The van der Waals surface area contributed by atoms with Crippen LogP contribution in [0.15, 0.2) is 24.3 Å². The molecule has 1 rings (SSSR count). The summed E-state index contributed by atoms with van der Waals surface area (Å²) in [5, 5.41) is 3.29. The van der Waals surface area contributed by atoms with Gasteiger partial charge in [-0.05, 0) is 120 Å². The molecular weight excluding hydrogens is 733 g/mol. The average molecular weight is 842 g/mol. The Morgan fingerprint density at radius 1 is 0.542 bits per heavy atom. The van der Waals surface area contributed by atoms with Gasteiger partial charge in [-0.1, -0.05) is 237 Å². The van der Waals surface area contributed by atoms with E-state index in [0.29, 0.717) is 0 Å². The lowest BCUT2D eigenvalue weighted by Gasteiger charge is -2.40. The van der Waals surface area contributed by atoms with Crippen LogP contribution < -0.4 is 5.32 Å². The topological polar surface area (TPSA) is 15.3 Å². The average Bonchev–Trinajstić information content (AvgIpc) is 3.23. The Hall–Kier alpha value is -0.510. The number of allylic oxidation sites excluding steroid dienone is 2. The van der Waals surface area contributed by atoms with E-state index in [0.717, 1.165) is 37.3 Å². The van der Waals surface area contributed by atoms with Gasteiger partial charge in [0.25, 0.3) is 0 Å². The summed E-state index contributed by atoms with van der Waals surface area (Å²) in [5.41, 5.74) is 3.06. The molecule has 0 bridgehead atoms. The number of thiocarbonyl (C=S) groups is 1. The Morgan fingerprint density at radius 2 is 1.03 bits per heavy atom. The third-order valence-electron chi connectivity index (χ3n) is 14.1. The molecule has 0 aromatic rings. The van der Waals surface area contributed by atoms with Crippen molar-refractivity contribution in [3.63, 3.8) is 0 Å². The van der Waals surface area contributed by atoms with Gasteiger partial charge in [0.1, 0.15) is 0 Å². The van der Waals surface area contributed by atoms with Crippen molar-refractivity contribution in [2.45, 2.75) is 290 Å². The first-order chi connectivity index (χ1) is 28.9. The highest BCUT2D eigenvalue weighted by atomic mass is 32.1. The van der Waals surface area contributed by atoms with E-state index in [4.69, 9.17) is 12.2 Å². The fourth-order valence-corrected chi connectivity index (χ4v) is 10.4. The second-order valence-electron chi connectivity index (χ2n) is 19.9. The highest BCUT2D eigenvalue weighted by Gasteiger charge is 2.27. The predicted octanol–water partition coefficient (Wildman–Crippen LogP) is 18.7. The molecule has 348 valence electrons. The van der Waals surface area contributed by atoms with E-state index < -0.39 is 0 Å². The number of likely N-dealkylation sites (tertiary alicyclic amines) is 1. The number of rotatable bonds is 46. The van der Waals surface area contributed by atoms with Crippen molar-refractivity contribution < 1.29 is 0 Å². The van der Waals surface area contributed by atoms with Crippen LogP contribution >= 0.6 is 12.2 Å². The molecular formula is C56H108N2S. The van der Waals surface area contributed by atoms with Gasteiger partial charge in [0.15, 0.2) is 0 Å². The lowest BCUT2D eigenvalue weighted by molar-refractivity contribution is 0.101. The van der Waals surface area contributed by atoms with E-state index >= 15 is 0 Å². The Morgan fingerprint density at radius 3 is 1.58 bits per heavy atom. The van der Waals surface area contributed by atoms with Crippen LogP contribution in [0.2, 0.25) is 0 Å². The largest absolute Gasteiger partial charge is 0.320 e. The lowest BCUT2D eigenvalue weighted by atomic mass is 9.84. The SMILES string of the molecule is C=C(CCCCCCCCCC)CCCCCCCCCC1CC(CCCCCCCCC(=C)CC(CCC)CCCCCCCC)CCN1CCC(=S)CCCNC. The van der Waals surface area contributed by atoms with Crippen LogP contribution in [-0.4, -0.2) is 42.5 Å². The molecule has 1 N–H and O–H groups in total. The first kappa shape index (κ1) is 56.5. The van der Waals surface area contributed by atoms with Gasteiger partial charge in [0, 0.05) is 12.6 Å². The zero-order valence-electron chi connectivity index (χ0n) is 41.1. The first-order valence-electron chi connectivity index (χ1n) is 27.2. The minimum atomic E-state index is 0.789. The predicted molar refractivity (Wildman–Crippen MR) is 273 cm³/mol.